The highest BCUT2D eigenvalue weighted by Gasteiger charge is 2.39. The third kappa shape index (κ3) is 2.91. The van der Waals surface area contributed by atoms with E-state index in [4.69, 9.17) is 4.52 Å². The Labute approximate surface area is 121 Å². The molecule has 0 N–H and O–H groups in total. The molecule has 0 spiro atoms. The summed E-state index contributed by atoms with van der Waals surface area (Å²) in [6, 6.07) is 0.0775. The second kappa shape index (κ2) is 5.15. The Bertz CT molecular complexity index is 565. The first-order valence-electron chi connectivity index (χ1n) is 7.07. The van der Waals surface area contributed by atoms with Crippen molar-refractivity contribution in [3.8, 4) is 0 Å². The summed E-state index contributed by atoms with van der Waals surface area (Å²) in [6.45, 7) is 10.4. The minimum Gasteiger partial charge on any atom is -0.360 e. The molecule has 0 aliphatic carbocycles. The van der Waals surface area contributed by atoms with Gasteiger partial charge in [0.15, 0.2) is 5.76 Å². The van der Waals surface area contributed by atoms with Gasteiger partial charge >= 0.3 is 0 Å². The molecule has 1 unspecified atom stereocenters. The summed E-state index contributed by atoms with van der Waals surface area (Å²) in [5.41, 5.74) is 0.561. The van der Waals surface area contributed by atoms with Crippen LogP contribution in [0.3, 0.4) is 0 Å². The lowest BCUT2D eigenvalue weighted by molar-refractivity contribution is 0.267. The molecule has 1 aromatic heterocycles. The van der Waals surface area contributed by atoms with Crippen molar-refractivity contribution >= 4 is 10.0 Å². The maximum Gasteiger partial charge on any atom is 0.248 e. The maximum atomic E-state index is 12.9. The lowest BCUT2D eigenvalue weighted by atomic mass is 9.88. The lowest BCUT2D eigenvalue weighted by Gasteiger charge is -2.29. The van der Waals surface area contributed by atoms with Gasteiger partial charge in [-0.25, -0.2) is 8.42 Å². The highest BCUT2D eigenvalue weighted by molar-refractivity contribution is 7.89. The van der Waals surface area contributed by atoms with E-state index in [2.05, 4.69) is 25.9 Å². The average Bonchev–Trinajstić information content (AvgIpc) is 2.84. The predicted molar refractivity (Wildman–Crippen MR) is 77.0 cm³/mol. The molecule has 114 valence electrons. The van der Waals surface area contributed by atoms with Gasteiger partial charge in [-0.3, -0.25) is 0 Å². The largest absolute Gasteiger partial charge is 0.360 e. The summed E-state index contributed by atoms with van der Waals surface area (Å²) in [6.07, 6.45) is 2.72. The standard InChI is InChI=1S/C14H24N2O3S/c1-10-13(11(2)19-15-10)20(17,18)16-8-6-7-12(16)9-14(3,4)5/h12H,6-9H2,1-5H3. The van der Waals surface area contributed by atoms with Gasteiger partial charge in [0, 0.05) is 12.6 Å². The van der Waals surface area contributed by atoms with Gasteiger partial charge in [-0.15, -0.1) is 0 Å². The number of aryl methyl sites for hydroxylation is 2. The Hall–Kier alpha value is -0.880. The summed E-state index contributed by atoms with van der Waals surface area (Å²) >= 11 is 0. The second-order valence-corrected chi connectivity index (χ2v) is 8.66. The smallest absolute Gasteiger partial charge is 0.248 e. The van der Waals surface area contributed by atoms with Crippen molar-refractivity contribution in [2.75, 3.05) is 6.54 Å². The molecular formula is C14H24N2O3S. The fourth-order valence-electron chi connectivity index (χ4n) is 3.00. The summed E-state index contributed by atoms with van der Waals surface area (Å²) in [4.78, 5) is 0.248. The zero-order valence-corrected chi connectivity index (χ0v) is 13.7. The summed E-state index contributed by atoms with van der Waals surface area (Å²) in [7, 11) is -3.50. The number of hydrogen-bond donors (Lipinski definition) is 0. The maximum absolute atomic E-state index is 12.9. The first-order valence-corrected chi connectivity index (χ1v) is 8.51. The van der Waals surface area contributed by atoms with Crippen molar-refractivity contribution in [2.45, 2.75) is 64.8 Å². The minimum atomic E-state index is -3.50. The first-order chi connectivity index (χ1) is 9.13. The van der Waals surface area contributed by atoms with Crippen LogP contribution >= 0.6 is 0 Å². The Morgan fingerprint density at radius 1 is 1.35 bits per heavy atom. The van der Waals surface area contributed by atoms with Crippen LogP contribution < -0.4 is 0 Å². The van der Waals surface area contributed by atoms with Crippen LogP contribution in [-0.4, -0.2) is 30.5 Å². The summed E-state index contributed by atoms with van der Waals surface area (Å²) in [5, 5.41) is 3.77. The van der Waals surface area contributed by atoms with Crippen molar-refractivity contribution in [1.29, 1.82) is 0 Å². The second-order valence-electron chi connectivity index (χ2n) is 6.83. The van der Waals surface area contributed by atoms with Crippen molar-refractivity contribution in [1.82, 2.24) is 9.46 Å². The molecule has 0 amide bonds. The molecule has 6 heteroatoms. The van der Waals surface area contributed by atoms with Crippen LogP contribution in [0.25, 0.3) is 0 Å². The molecule has 0 saturated carbocycles. The Balaban J connectivity index is 2.34. The molecule has 1 fully saturated rings. The number of aromatic nitrogens is 1. The van der Waals surface area contributed by atoms with Crippen LogP contribution in [0.5, 0.6) is 0 Å². The zero-order chi connectivity index (χ0) is 15.1. The van der Waals surface area contributed by atoms with Gasteiger partial charge in [0.05, 0.1) is 0 Å². The number of rotatable bonds is 3. The van der Waals surface area contributed by atoms with E-state index in [9.17, 15) is 8.42 Å². The van der Waals surface area contributed by atoms with E-state index in [0.717, 1.165) is 19.3 Å². The van der Waals surface area contributed by atoms with Crippen LogP contribution in [0, 0.1) is 19.3 Å². The van der Waals surface area contributed by atoms with E-state index in [-0.39, 0.29) is 16.4 Å². The number of nitrogens with zero attached hydrogens (tertiary/aromatic N) is 2. The minimum absolute atomic E-state index is 0.0775. The van der Waals surface area contributed by atoms with E-state index < -0.39 is 10.0 Å². The van der Waals surface area contributed by atoms with E-state index >= 15 is 0 Å². The molecule has 1 aromatic rings. The Morgan fingerprint density at radius 2 is 2.00 bits per heavy atom. The van der Waals surface area contributed by atoms with Gasteiger partial charge in [-0.1, -0.05) is 25.9 Å². The van der Waals surface area contributed by atoms with E-state index in [1.54, 1.807) is 18.2 Å². The number of sulfonamides is 1. The summed E-state index contributed by atoms with van der Waals surface area (Å²) < 4.78 is 32.4. The third-order valence-corrected chi connectivity index (χ3v) is 5.90. The molecule has 1 saturated heterocycles. The fourth-order valence-corrected chi connectivity index (χ4v) is 4.98. The van der Waals surface area contributed by atoms with Crippen LogP contribution in [0.2, 0.25) is 0 Å². The van der Waals surface area contributed by atoms with Crippen molar-refractivity contribution in [3.05, 3.63) is 11.5 Å². The van der Waals surface area contributed by atoms with E-state index in [1.165, 1.54) is 0 Å². The van der Waals surface area contributed by atoms with Crippen molar-refractivity contribution in [2.24, 2.45) is 5.41 Å². The molecule has 1 atom stereocenters. The molecular weight excluding hydrogens is 276 g/mol. The van der Waals surface area contributed by atoms with E-state index in [0.29, 0.717) is 18.0 Å². The van der Waals surface area contributed by atoms with Gasteiger partial charge in [-0.05, 0) is 38.5 Å². The lowest BCUT2D eigenvalue weighted by Crippen LogP contribution is -2.38. The highest BCUT2D eigenvalue weighted by atomic mass is 32.2. The third-order valence-electron chi connectivity index (χ3n) is 3.71. The molecule has 2 heterocycles. The zero-order valence-electron chi connectivity index (χ0n) is 12.9. The van der Waals surface area contributed by atoms with Crippen LogP contribution in [0.1, 0.15) is 51.5 Å². The van der Waals surface area contributed by atoms with Gasteiger partial charge in [0.25, 0.3) is 0 Å². The van der Waals surface area contributed by atoms with Gasteiger partial charge in [0.2, 0.25) is 10.0 Å². The average molecular weight is 300 g/mol. The number of hydrogen-bond acceptors (Lipinski definition) is 4. The molecule has 0 aromatic carbocycles. The van der Waals surface area contributed by atoms with Crippen LogP contribution in [-0.2, 0) is 10.0 Å². The Kier molecular flexibility index (Phi) is 3.99. The van der Waals surface area contributed by atoms with Gasteiger partial charge < -0.3 is 4.52 Å². The molecule has 2 rings (SSSR count). The molecule has 0 bridgehead atoms. The predicted octanol–water partition coefficient (Wildman–Crippen LogP) is 2.88. The van der Waals surface area contributed by atoms with Gasteiger partial charge in [-0.2, -0.15) is 4.31 Å². The first kappa shape index (κ1) is 15.5. The monoisotopic (exact) mass is 300 g/mol. The fraction of sp³-hybridized carbons (Fsp3) is 0.786. The van der Waals surface area contributed by atoms with E-state index in [1.807, 2.05) is 0 Å². The Morgan fingerprint density at radius 3 is 2.50 bits per heavy atom. The van der Waals surface area contributed by atoms with Crippen LogP contribution in [0.4, 0.5) is 0 Å². The topological polar surface area (TPSA) is 63.4 Å². The molecule has 1 aliphatic heterocycles. The molecule has 1 aliphatic rings. The SMILES string of the molecule is Cc1noc(C)c1S(=O)(=O)N1CCCC1CC(C)(C)C. The molecule has 0 radical (unpaired) electrons. The van der Waals surface area contributed by atoms with Crippen LogP contribution in [0.15, 0.2) is 9.42 Å². The highest BCUT2D eigenvalue weighted by Crippen LogP contribution is 2.35. The van der Waals surface area contributed by atoms with Crippen molar-refractivity contribution in [3.63, 3.8) is 0 Å². The normalized spacial score (nSPS) is 21.6. The molecule has 5 nitrogen and oxygen atoms in total. The van der Waals surface area contributed by atoms with Gasteiger partial charge in [0.1, 0.15) is 10.6 Å². The summed E-state index contributed by atoms with van der Waals surface area (Å²) in [5.74, 6) is 0.379. The quantitative estimate of drug-likeness (QED) is 0.861. The molecule has 20 heavy (non-hydrogen) atoms. The van der Waals surface area contributed by atoms with Crippen molar-refractivity contribution < 1.29 is 12.9 Å².